The number of anilines is 2. The number of hydrogen-bond acceptors (Lipinski definition) is 15. The van der Waals surface area contributed by atoms with E-state index in [1.807, 2.05) is 0 Å². The number of nitrogens with two attached hydrogens (primary N) is 2. The van der Waals surface area contributed by atoms with Crippen LogP contribution in [0.25, 0.3) is 11.1 Å². The monoisotopic (exact) mass is 744 g/mol. The number of carbonyl (C=O) groups is 3. The SMILES string of the molecule is C[n+]1cc(-c2ccc(OC[C@H](O/N=C(\C(=O)N[C@@H]3C(=O)N(OS(=O)(=O)[O-])C3(C)C)c3nc(N)sc3Cl)C(=O)O)cc2F)ccc1NCCN. The van der Waals surface area contributed by atoms with Crippen LogP contribution in [0, 0.1) is 5.82 Å². The average Bonchev–Trinajstić information content (AvgIpc) is 3.35. The fourth-order valence-electron chi connectivity index (χ4n) is 4.48. The molecule has 0 aliphatic carbocycles. The molecule has 1 fully saturated rings. The zero-order valence-corrected chi connectivity index (χ0v) is 28.3. The van der Waals surface area contributed by atoms with Gasteiger partial charge in [-0.05, 0) is 32.0 Å². The summed E-state index contributed by atoms with van der Waals surface area (Å²) in [5, 5.41) is 18.9. The van der Waals surface area contributed by atoms with Crippen molar-refractivity contribution >= 4 is 67.8 Å². The topological polar surface area (TPSA) is 265 Å². The van der Waals surface area contributed by atoms with Crippen molar-refractivity contribution in [1.29, 1.82) is 0 Å². The summed E-state index contributed by atoms with van der Waals surface area (Å²) in [5.41, 5.74) is 9.43. The number of thiazole rings is 1. The van der Waals surface area contributed by atoms with Crippen molar-refractivity contribution in [3.05, 3.63) is 52.4 Å². The molecule has 0 radical (unpaired) electrons. The summed E-state index contributed by atoms with van der Waals surface area (Å²) in [4.78, 5) is 46.8. The Morgan fingerprint density at radius 2 is 2.04 bits per heavy atom. The Morgan fingerprint density at radius 1 is 1.33 bits per heavy atom. The van der Waals surface area contributed by atoms with Crippen LogP contribution in [0.5, 0.6) is 5.75 Å². The highest BCUT2D eigenvalue weighted by Crippen LogP contribution is 2.33. The molecule has 2 atom stereocenters. The fourth-order valence-corrected chi connectivity index (χ4v) is 5.85. The predicted molar refractivity (Wildman–Crippen MR) is 170 cm³/mol. The first-order chi connectivity index (χ1) is 22.9. The number of pyridine rings is 1. The molecule has 1 aliphatic rings. The Morgan fingerprint density at radius 3 is 2.59 bits per heavy atom. The van der Waals surface area contributed by atoms with Gasteiger partial charge in [0.2, 0.25) is 10.4 Å². The van der Waals surface area contributed by atoms with Gasteiger partial charge in [-0.3, -0.25) is 14.9 Å². The molecule has 3 heterocycles. The van der Waals surface area contributed by atoms with E-state index >= 15 is 4.39 Å². The van der Waals surface area contributed by atoms with Gasteiger partial charge >= 0.3 is 5.97 Å². The van der Waals surface area contributed by atoms with Crippen molar-refractivity contribution in [2.45, 2.75) is 31.5 Å². The number of oxime groups is 1. The minimum absolute atomic E-state index is 0.0448. The summed E-state index contributed by atoms with van der Waals surface area (Å²) in [6.45, 7) is 2.85. The number of nitrogens with one attached hydrogen (secondary N) is 2. The number of hydrogen-bond donors (Lipinski definition) is 5. The molecule has 49 heavy (non-hydrogen) atoms. The van der Waals surface area contributed by atoms with E-state index in [-0.39, 0.29) is 31.5 Å². The highest BCUT2D eigenvalue weighted by atomic mass is 35.5. The second-order valence-electron chi connectivity index (χ2n) is 10.8. The number of nitrogen functional groups attached to an aromatic ring is 1. The number of carboxylic acid groups (broad SMARTS) is 1. The van der Waals surface area contributed by atoms with Crippen LogP contribution in [0.4, 0.5) is 15.3 Å². The van der Waals surface area contributed by atoms with Gasteiger partial charge in [0.25, 0.3) is 23.7 Å². The molecule has 0 spiro atoms. The molecule has 264 valence electrons. The highest BCUT2D eigenvalue weighted by molar-refractivity contribution is 7.80. The third-order valence-corrected chi connectivity index (χ3v) is 8.36. The summed E-state index contributed by atoms with van der Waals surface area (Å²) in [7, 11) is -3.54. The summed E-state index contributed by atoms with van der Waals surface area (Å²) >= 11 is 6.90. The van der Waals surface area contributed by atoms with Gasteiger partial charge in [-0.2, -0.15) is 9.35 Å². The van der Waals surface area contributed by atoms with Gasteiger partial charge in [-0.25, -0.2) is 27.2 Å². The number of ether oxygens (including phenoxy) is 1. The summed E-state index contributed by atoms with van der Waals surface area (Å²) in [6.07, 6.45) is -0.149. The molecule has 3 aromatic rings. The van der Waals surface area contributed by atoms with E-state index in [4.69, 9.17) is 32.6 Å². The molecule has 0 saturated carbocycles. The molecule has 1 aromatic carbocycles. The van der Waals surface area contributed by atoms with Gasteiger partial charge in [0, 0.05) is 29.8 Å². The van der Waals surface area contributed by atoms with Crippen molar-refractivity contribution in [2.24, 2.45) is 17.9 Å². The molecule has 7 N–H and O–H groups in total. The maximum absolute atomic E-state index is 15.1. The number of aryl methyl sites for hydroxylation is 1. The first kappa shape index (κ1) is 37.2. The zero-order valence-electron chi connectivity index (χ0n) is 25.9. The Labute approximate surface area is 287 Å². The maximum Gasteiger partial charge on any atom is 0.351 e. The Bertz CT molecular complexity index is 1910. The minimum atomic E-state index is -5.31. The standard InChI is InChI=1S/C27H30ClFN8O10S2/c1-27(2)21(24(39)37(27)47-49(42,43)44)34-23(38)20(19-22(28)48-26(31)33-19)35-46-17(25(40)41)12-45-14-5-6-15(16(29)10-14)13-4-7-18(32-9-8-30)36(3)11-13/h4-7,10-11,17,21H,8-9,12,30H2,1-3H3,(H5,31,33,34,38,40,41,42,43,44)/b35-20-/t17-,21+/m0/s1. The first-order valence-electron chi connectivity index (χ1n) is 14.0. The Balaban J connectivity index is 1.50. The van der Waals surface area contributed by atoms with E-state index in [1.165, 1.54) is 26.0 Å². The third-order valence-electron chi connectivity index (χ3n) is 6.94. The molecular formula is C27H30ClFN8O10S2. The molecule has 4 rings (SSSR count). The van der Waals surface area contributed by atoms with Crippen molar-refractivity contribution < 1.29 is 55.3 Å². The van der Waals surface area contributed by atoms with Crippen LogP contribution in [-0.2, 0) is 41.0 Å². The van der Waals surface area contributed by atoms with Crippen LogP contribution in [0.15, 0.2) is 41.7 Å². The zero-order chi connectivity index (χ0) is 36.3. The lowest BCUT2D eigenvalue weighted by Crippen LogP contribution is -2.76. The molecule has 2 aromatic heterocycles. The van der Waals surface area contributed by atoms with Gasteiger partial charge in [0.1, 0.15) is 34.2 Å². The van der Waals surface area contributed by atoms with Gasteiger partial charge in [0.05, 0.1) is 25.3 Å². The normalized spacial score (nSPS) is 16.5. The van der Waals surface area contributed by atoms with E-state index in [2.05, 4.69) is 25.1 Å². The molecule has 22 heteroatoms. The molecule has 2 amide bonds. The third kappa shape index (κ3) is 8.68. The van der Waals surface area contributed by atoms with Crippen molar-refractivity contribution in [3.63, 3.8) is 0 Å². The van der Waals surface area contributed by atoms with E-state index in [1.54, 1.807) is 29.9 Å². The number of rotatable bonds is 15. The number of carboxylic acids is 1. The number of hydroxylamine groups is 2. The molecule has 18 nitrogen and oxygen atoms in total. The number of carbonyl (C=O) groups excluding carboxylic acids is 2. The van der Waals surface area contributed by atoms with Crippen molar-refractivity contribution in [2.75, 3.05) is 30.7 Å². The lowest BCUT2D eigenvalue weighted by Gasteiger charge is -2.51. The lowest BCUT2D eigenvalue weighted by atomic mass is 9.84. The van der Waals surface area contributed by atoms with E-state index < -0.39 is 64.0 Å². The van der Waals surface area contributed by atoms with Crippen LogP contribution >= 0.6 is 22.9 Å². The van der Waals surface area contributed by atoms with Crippen LogP contribution in [0.1, 0.15) is 19.5 Å². The van der Waals surface area contributed by atoms with E-state index in [0.29, 0.717) is 18.7 Å². The van der Waals surface area contributed by atoms with E-state index in [0.717, 1.165) is 23.2 Å². The number of nitrogens with zero attached hydrogens (tertiary/aromatic N) is 4. The second-order valence-corrected chi connectivity index (χ2v) is 13.4. The van der Waals surface area contributed by atoms with Crippen molar-refractivity contribution in [1.82, 2.24) is 15.4 Å². The number of halogens is 2. The minimum Gasteiger partial charge on any atom is -0.724 e. The van der Waals surface area contributed by atoms with Gasteiger partial charge in [-0.1, -0.05) is 28.1 Å². The largest absolute Gasteiger partial charge is 0.724 e. The van der Waals surface area contributed by atoms with Crippen LogP contribution in [0.2, 0.25) is 4.34 Å². The smallest absolute Gasteiger partial charge is 0.351 e. The highest BCUT2D eigenvalue weighted by Gasteiger charge is 2.57. The molecule has 1 aliphatic heterocycles. The number of aliphatic carboxylic acids is 1. The van der Waals surface area contributed by atoms with Crippen LogP contribution in [-0.4, -0.2) is 89.0 Å². The fraction of sp³-hybridized carbons (Fsp3) is 0.333. The first-order valence-corrected chi connectivity index (χ1v) is 16.5. The quantitative estimate of drug-likeness (QED) is 0.0346. The van der Waals surface area contributed by atoms with Crippen LogP contribution < -0.4 is 31.4 Å². The van der Waals surface area contributed by atoms with Gasteiger partial charge in [-0.15, -0.1) is 0 Å². The summed E-state index contributed by atoms with van der Waals surface area (Å²) in [6, 6.07) is 5.95. The average molecular weight is 745 g/mol. The second kappa shape index (κ2) is 14.8. The maximum atomic E-state index is 15.1. The summed E-state index contributed by atoms with van der Waals surface area (Å²) < 4.78 is 59.3. The van der Waals surface area contributed by atoms with Gasteiger partial charge in [0.15, 0.2) is 10.8 Å². The number of amides is 2. The lowest BCUT2D eigenvalue weighted by molar-refractivity contribution is -0.656. The number of benzene rings is 1. The molecular weight excluding hydrogens is 715 g/mol. The molecule has 1 saturated heterocycles. The Hall–Kier alpha value is -4.67. The van der Waals surface area contributed by atoms with E-state index in [9.17, 15) is 32.5 Å². The molecule has 0 bridgehead atoms. The molecule has 0 unspecified atom stereocenters. The number of aromatic nitrogens is 2. The van der Waals surface area contributed by atoms with Gasteiger partial charge < -0.3 is 36.0 Å². The summed E-state index contributed by atoms with van der Waals surface area (Å²) in [5.74, 6) is -3.78. The van der Waals surface area contributed by atoms with Crippen molar-refractivity contribution in [3.8, 4) is 16.9 Å². The predicted octanol–water partition coefficient (Wildman–Crippen LogP) is 0.130. The number of β-lactam (4-membered cyclic amide) rings is 1. The van der Waals surface area contributed by atoms with Crippen LogP contribution in [0.3, 0.4) is 0 Å². The Kier molecular flexibility index (Phi) is 11.3.